The molecule has 0 bridgehead atoms. The van der Waals surface area contributed by atoms with Crippen LogP contribution in [0.2, 0.25) is 0 Å². The monoisotopic (exact) mass is 306 g/mol. The van der Waals surface area contributed by atoms with Crippen molar-refractivity contribution in [3.63, 3.8) is 0 Å². The Kier molecular flexibility index (Phi) is 4.96. The van der Waals surface area contributed by atoms with Gasteiger partial charge in [0.1, 0.15) is 0 Å². The van der Waals surface area contributed by atoms with Gasteiger partial charge in [-0.25, -0.2) is 8.42 Å². The maximum absolute atomic E-state index is 12.0. The molecule has 0 aliphatic rings. The van der Waals surface area contributed by atoms with Gasteiger partial charge in [-0.2, -0.15) is 0 Å². The number of rotatable bonds is 6. The van der Waals surface area contributed by atoms with Gasteiger partial charge in [0.2, 0.25) is 0 Å². The Morgan fingerprint density at radius 1 is 1.24 bits per heavy atom. The van der Waals surface area contributed by atoms with Crippen LogP contribution < -0.4 is 5.32 Å². The molecule has 5 heteroatoms. The first kappa shape index (κ1) is 15.9. The van der Waals surface area contributed by atoms with E-state index in [1.54, 1.807) is 13.1 Å². The zero-order valence-corrected chi connectivity index (χ0v) is 13.5. The fraction of sp³-hybridized carbons (Fsp3) is 0.438. The van der Waals surface area contributed by atoms with E-state index in [0.717, 1.165) is 29.4 Å². The number of aromatic nitrogens is 1. The maximum Gasteiger partial charge on any atom is 0.151 e. The number of nitrogens with zero attached hydrogens (tertiary/aromatic N) is 1. The molecule has 21 heavy (non-hydrogen) atoms. The van der Waals surface area contributed by atoms with Gasteiger partial charge in [-0.1, -0.05) is 25.1 Å². The topological polar surface area (TPSA) is 59.1 Å². The Hall–Kier alpha value is -1.46. The minimum absolute atomic E-state index is 0.229. The smallest absolute Gasteiger partial charge is 0.151 e. The molecule has 0 spiro atoms. The first-order valence-corrected chi connectivity index (χ1v) is 9.16. The Labute approximate surface area is 126 Å². The van der Waals surface area contributed by atoms with Gasteiger partial charge in [0.05, 0.1) is 10.8 Å². The summed E-state index contributed by atoms with van der Waals surface area (Å²) in [4.78, 5) is 4.35. The Bertz CT molecular complexity index is 708. The minimum atomic E-state index is -3.13. The van der Waals surface area contributed by atoms with Crippen molar-refractivity contribution in [2.45, 2.75) is 31.6 Å². The molecule has 2 rings (SSSR count). The largest absolute Gasteiger partial charge is 0.309 e. The normalized spacial score (nSPS) is 15.0. The second-order valence-electron chi connectivity index (χ2n) is 5.38. The highest BCUT2D eigenvalue weighted by molar-refractivity contribution is 7.91. The number of nitrogens with one attached hydrogen (secondary N) is 1. The number of benzene rings is 1. The summed E-state index contributed by atoms with van der Waals surface area (Å²) in [6.45, 7) is 4.61. The molecule has 0 amide bonds. The van der Waals surface area contributed by atoms with Gasteiger partial charge >= 0.3 is 0 Å². The summed E-state index contributed by atoms with van der Waals surface area (Å²) in [5, 5.41) is 3.89. The van der Waals surface area contributed by atoms with Crippen LogP contribution in [0.5, 0.6) is 0 Å². The molecular weight excluding hydrogens is 284 g/mol. The fourth-order valence-corrected chi connectivity index (χ4v) is 3.21. The van der Waals surface area contributed by atoms with E-state index in [0.29, 0.717) is 0 Å². The van der Waals surface area contributed by atoms with E-state index in [9.17, 15) is 8.42 Å². The van der Waals surface area contributed by atoms with Gasteiger partial charge in [0.15, 0.2) is 9.84 Å². The van der Waals surface area contributed by atoms with Crippen LogP contribution in [0.1, 0.15) is 31.9 Å². The predicted molar refractivity (Wildman–Crippen MR) is 87.1 cm³/mol. The molecule has 0 aliphatic heterocycles. The molecule has 0 radical (unpaired) electrons. The van der Waals surface area contributed by atoms with Gasteiger partial charge in [-0.3, -0.25) is 4.98 Å². The lowest BCUT2D eigenvalue weighted by atomic mass is 9.99. The highest BCUT2D eigenvalue weighted by Crippen LogP contribution is 2.28. The summed E-state index contributed by atoms with van der Waals surface area (Å²) in [6, 6.07) is 9.51. The molecule has 1 aromatic carbocycles. The van der Waals surface area contributed by atoms with Crippen molar-refractivity contribution in [2.24, 2.45) is 0 Å². The van der Waals surface area contributed by atoms with Crippen molar-refractivity contribution in [3.8, 4) is 0 Å². The van der Waals surface area contributed by atoms with Crippen molar-refractivity contribution in [1.82, 2.24) is 10.3 Å². The molecule has 1 aromatic heterocycles. The third-order valence-electron chi connectivity index (χ3n) is 3.77. The van der Waals surface area contributed by atoms with Crippen LogP contribution in [-0.4, -0.2) is 31.5 Å². The molecule has 0 aliphatic carbocycles. The number of hydrogen-bond donors (Lipinski definition) is 1. The third kappa shape index (κ3) is 3.60. The first-order chi connectivity index (χ1) is 9.95. The number of pyridine rings is 1. The average Bonchev–Trinajstić information content (AvgIpc) is 2.46. The fourth-order valence-electron chi connectivity index (χ4n) is 2.47. The van der Waals surface area contributed by atoms with E-state index in [-0.39, 0.29) is 6.04 Å². The highest BCUT2D eigenvalue weighted by atomic mass is 32.2. The van der Waals surface area contributed by atoms with Crippen LogP contribution in [0.4, 0.5) is 0 Å². The summed E-state index contributed by atoms with van der Waals surface area (Å²) in [7, 11) is -3.13. The minimum Gasteiger partial charge on any atom is -0.309 e. The van der Waals surface area contributed by atoms with E-state index >= 15 is 0 Å². The van der Waals surface area contributed by atoms with Gasteiger partial charge in [-0.05, 0) is 37.6 Å². The molecule has 2 unspecified atom stereocenters. The molecule has 4 nitrogen and oxygen atoms in total. The summed E-state index contributed by atoms with van der Waals surface area (Å²) in [6.07, 6.45) is 4.00. The molecule has 2 atom stereocenters. The lowest BCUT2D eigenvalue weighted by Crippen LogP contribution is -2.35. The van der Waals surface area contributed by atoms with Crippen LogP contribution in [0.25, 0.3) is 10.9 Å². The SMILES string of the molecule is CCCNC(c1cccc2ncccc12)C(C)S(C)(=O)=O. The van der Waals surface area contributed by atoms with Crippen LogP contribution in [0, 0.1) is 0 Å². The molecule has 0 fully saturated rings. The number of sulfone groups is 1. The van der Waals surface area contributed by atoms with Gasteiger partial charge in [-0.15, -0.1) is 0 Å². The molecule has 0 saturated carbocycles. The molecule has 2 aromatic rings. The standard InChI is InChI=1S/C16H22N2O2S/c1-4-10-18-16(12(2)21(3,19)20)14-7-5-9-15-13(14)8-6-11-17-15/h5-9,11-12,16,18H,4,10H2,1-3H3. The van der Waals surface area contributed by atoms with Gasteiger partial charge in [0.25, 0.3) is 0 Å². The van der Waals surface area contributed by atoms with E-state index in [4.69, 9.17) is 0 Å². The summed E-state index contributed by atoms with van der Waals surface area (Å²) >= 11 is 0. The lowest BCUT2D eigenvalue weighted by Gasteiger charge is -2.25. The van der Waals surface area contributed by atoms with Crippen molar-refractivity contribution in [3.05, 3.63) is 42.1 Å². The summed E-state index contributed by atoms with van der Waals surface area (Å²) in [5.41, 5.74) is 1.88. The van der Waals surface area contributed by atoms with E-state index in [2.05, 4.69) is 17.2 Å². The second kappa shape index (κ2) is 6.54. The molecule has 114 valence electrons. The van der Waals surface area contributed by atoms with Crippen molar-refractivity contribution >= 4 is 20.7 Å². The maximum atomic E-state index is 12.0. The van der Waals surface area contributed by atoms with E-state index < -0.39 is 15.1 Å². The zero-order chi connectivity index (χ0) is 15.5. The predicted octanol–water partition coefficient (Wildman–Crippen LogP) is 2.71. The molecule has 0 saturated heterocycles. The van der Waals surface area contributed by atoms with Crippen molar-refractivity contribution < 1.29 is 8.42 Å². The second-order valence-corrected chi connectivity index (χ2v) is 7.79. The number of hydrogen-bond acceptors (Lipinski definition) is 4. The van der Waals surface area contributed by atoms with Crippen molar-refractivity contribution in [1.29, 1.82) is 0 Å². The van der Waals surface area contributed by atoms with E-state index in [1.165, 1.54) is 6.26 Å². The highest BCUT2D eigenvalue weighted by Gasteiger charge is 2.28. The van der Waals surface area contributed by atoms with Gasteiger partial charge < -0.3 is 5.32 Å². The zero-order valence-electron chi connectivity index (χ0n) is 12.7. The quantitative estimate of drug-likeness (QED) is 0.891. The van der Waals surface area contributed by atoms with Crippen LogP contribution in [-0.2, 0) is 9.84 Å². The average molecular weight is 306 g/mol. The van der Waals surface area contributed by atoms with Gasteiger partial charge in [0, 0.05) is 23.9 Å². The van der Waals surface area contributed by atoms with Crippen molar-refractivity contribution in [2.75, 3.05) is 12.8 Å². The number of fused-ring (bicyclic) bond motifs is 1. The molecule has 1 N–H and O–H groups in total. The summed E-state index contributed by atoms with van der Waals surface area (Å²) in [5.74, 6) is 0. The Morgan fingerprint density at radius 3 is 2.67 bits per heavy atom. The Morgan fingerprint density at radius 2 is 2.00 bits per heavy atom. The Balaban J connectivity index is 2.53. The van der Waals surface area contributed by atoms with E-state index in [1.807, 2.05) is 30.3 Å². The third-order valence-corrected chi connectivity index (χ3v) is 5.40. The first-order valence-electron chi connectivity index (χ1n) is 7.21. The van der Waals surface area contributed by atoms with Crippen LogP contribution in [0.3, 0.4) is 0 Å². The van der Waals surface area contributed by atoms with Crippen LogP contribution in [0.15, 0.2) is 36.5 Å². The van der Waals surface area contributed by atoms with Crippen LogP contribution >= 0.6 is 0 Å². The lowest BCUT2D eigenvalue weighted by molar-refractivity contribution is 0.502. The molecular formula is C16H22N2O2S. The summed E-state index contributed by atoms with van der Waals surface area (Å²) < 4.78 is 24.0. The molecule has 1 heterocycles.